The predicted octanol–water partition coefficient (Wildman–Crippen LogP) is -1.54. The Kier molecular flexibility index (Phi) is 7.57. The molecule has 118 valence electrons. The van der Waals surface area contributed by atoms with Gasteiger partial charge in [0.05, 0.1) is 4.92 Å². The van der Waals surface area contributed by atoms with Crippen LogP contribution in [0.15, 0.2) is 54.6 Å². The van der Waals surface area contributed by atoms with Crippen LogP contribution in [-0.2, 0) is 9.59 Å². The molecule has 0 aliphatic carbocycles. The van der Waals surface area contributed by atoms with Crippen LogP contribution in [0.3, 0.4) is 0 Å². The normalized spacial score (nSPS) is 11.0. The molecule has 1 unspecified atom stereocenters. The number of aliphatic carboxylic acids is 1. The molecule has 1 atom stereocenters. The number of carbonyl (C=O) groups is 2. The first kappa shape index (κ1) is 19.8. The van der Waals surface area contributed by atoms with Crippen LogP contribution in [0.4, 0.5) is 11.4 Å². The number of nitro groups is 1. The molecule has 0 heterocycles. The topological polar surface area (TPSA) is 112 Å². The molecular weight excluding hydrogens is 323 g/mol. The summed E-state index contributed by atoms with van der Waals surface area (Å²) >= 11 is 0. The minimum atomic E-state index is -1.34. The first-order chi connectivity index (χ1) is 11.0. The van der Waals surface area contributed by atoms with Crippen molar-refractivity contribution in [1.82, 2.24) is 0 Å². The zero-order chi connectivity index (χ0) is 16.8. The van der Waals surface area contributed by atoms with E-state index in [1.807, 2.05) is 0 Å². The van der Waals surface area contributed by atoms with Gasteiger partial charge in [0.1, 0.15) is 0 Å². The van der Waals surface area contributed by atoms with Crippen LogP contribution in [0.1, 0.15) is 17.9 Å². The van der Waals surface area contributed by atoms with Gasteiger partial charge in [0.2, 0.25) is 5.91 Å². The van der Waals surface area contributed by atoms with Gasteiger partial charge in [0.25, 0.3) is 5.69 Å². The average molecular weight is 336 g/mol. The molecule has 0 saturated heterocycles. The summed E-state index contributed by atoms with van der Waals surface area (Å²) in [6.07, 6.45) is -0.288. The Morgan fingerprint density at radius 1 is 1.04 bits per heavy atom. The third-order valence-corrected chi connectivity index (χ3v) is 3.24. The van der Waals surface area contributed by atoms with Gasteiger partial charge in [-0.25, -0.2) is 0 Å². The Morgan fingerprint density at radius 3 is 2.12 bits per heavy atom. The van der Waals surface area contributed by atoms with Crippen LogP contribution in [-0.4, -0.2) is 16.8 Å². The average Bonchev–Trinajstić information content (AvgIpc) is 2.53. The number of rotatable bonds is 6. The quantitative estimate of drug-likeness (QED) is 0.390. The third kappa shape index (κ3) is 5.45. The number of anilines is 1. The summed E-state index contributed by atoms with van der Waals surface area (Å²) in [4.78, 5) is 33.2. The smallest absolute Gasteiger partial charge is 0.549 e. The number of nitrogens with one attached hydrogen (secondary N) is 1. The molecule has 2 aromatic carbocycles. The number of hydrogen-bond acceptors (Lipinski definition) is 5. The number of carbonyl (C=O) groups excluding carboxylic acids is 2. The van der Waals surface area contributed by atoms with Crippen molar-refractivity contribution in [2.75, 3.05) is 5.32 Å². The zero-order valence-electron chi connectivity index (χ0n) is 13.0. The van der Waals surface area contributed by atoms with Gasteiger partial charge in [0.15, 0.2) is 0 Å². The number of benzene rings is 2. The van der Waals surface area contributed by atoms with E-state index in [9.17, 15) is 24.8 Å². The fourth-order valence-electron chi connectivity index (χ4n) is 2.09. The van der Waals surface area contributed by atoms with E-state index in [2.05, 4.69) is 5.32 Å². The Labute approximate surface area is 160 Å². The maximum atomic E-state index is 12.0. The van der Waals surface area contributed by atoms with E-state index >= 15 is 0 Å². The molecule has 8 heteroatoms. The second-order valence-electron chi connectivity index (χ2n) is 4.84. The Hall–Kier alpha value is -2.22. The van der Waals surface area contributed by atoms with Crippen LogP contribution in [0.2, 0.25) is 0 Å². The van der Waals surface area contributed by atoms with Gasteiger partial charge in [-0.1, -0.05) is 30.3 Å². The van der Waals surface area contributed by atoms with Crippen LogP contribution < -0.4 is 40.0 Å². The summed E-state index contributed by atoms with van der Waals surface area (Å²) in [5.74, 6) is -2.92. The van der Waals surface area contributed by atoms with Crippen molar-refractivity contribution in [2.24, 2.45) is 0 Å². The van der Waals surface area contributed by atoms with E-state index in [0.717, 1.165) is 0 Å². The third-order valence-electron chi connectivity index (χ3n) is 3.24. The van der Waals surface area contributed by atoms with Gasteiger partial charge in [-0.05, 0) is 17.7 Å². The number of carboxylic acids is 1. The molecule has 0 aliphatic rings. The molecule has 0 radical (unpaired) electrons. The molecule has 0 saturated carbocycles. The number of nitrogens with zero attached hydrogens (tertiary/aromatic N) is 1. The molecule has 0 fully saturated rings. The van der Waals surface area contributed by atoms with Gasteiger partial charge >= 0.3 is 29.6 Å². The van der Waals surface area contributed by atoms with E-state index in [1.54, 1.807) is 30.3 Å². The van der Waals surface area contributed by atoms with Gasteiger partial charge in [-0.2, -0.15) is 0 Å². The number of nitro benzene ring substituents is 1. The summed E-state index contributed by atoms with van der Waals surface area (Å²) in [5.41, 5.74) is 0.733. The molecule has 24 heavy (non-hydrogen) atoms. The van der Waals surface area contributed by atoms with E-state index < -0.39 is 22.7 Å². The summed E-state index contributed by atoms with van der Waals surface area (Å²) in [7, 11) is 0. The number of amides is 1. The zero-order valence-corrected chi connectivity index (χ0v) is 15.0. The number of carboxylic acid groups (broad SMARTS) is 1. The minimum Gasteiger partial charge on any atom is -0.549 e. The van der Waals surface area contributed by atoms with Gasteiger partial charge in [-0.3, -0.25) is 14.9 Å². The first-order valence-electron chi connectivity index (χ1n) is 6.77. The van der Waals surface area contributed by atoms with Crippen molar-refractivity contribution in [1.29, 1.82) is 0 Å². The van der Waals surface area contributed by atoms with Crippen molar-refractivity contribution in [3.63, 3.8) is 0 Å². The molecule has 0 aliphatic heterocycles. The largest absolute Gasteiger partial charge is 1.00 e. The summed E-state index contributed by atoms with van der Waals surface area (Å²) in [5, 5.41) is 24.3. The monoisotopic (exact) mass is 336 g/mol. The molecule has 2 aromatic rings. The fraction of sp³-hybridized carbons (Fsp3) is 0.125. The Morgan fingerprint density at radius 2 is 1.62 bits per heavy atom. The van der Waals surface area contributed by atoms with E-state index in [4.69, 9.17) is 0 Å². The summed E-state index contributed by atoms with van der Waals surface area (Å²) in [6, 6.07) is 13.6. The van der Waals surface area contributed by atoms with E-state index in [1.165, 1.54) is 24.3 Å². The molecule has 1 N–H and O–H groups in total. The summed E-state index contributed by atoms with van der Waals surface area (Å²) in [6.45, 7) is 0. The van der Waals surface area contributed by atoms with Gasteiger partial charge in [0, 0.05) is 36.1 Å². The molecule has 0 spiro atoms. The second kappa shape index (κ2) is 9.17. The van der Waals surface area contributed by atoms with Crippen molar-refractivity contribution < 1.29 is 49.2 Å². The molecular formula is C16H13N2NaO5. The number of hydrogen-bond donors (Lipinski definition) is 1. The molecule has 7 nitrogen and oxygen atoms in total. The first-order valence-corrected chi connectivity index (χ1v) is 6.77. The van der Waals surface area contributed by atoms with Crippen LogP contribution >= 0.6 is 0 Å². The van der Waals surface area contributed by atoms with Gasteiger partial charge in [-0.15, -0.1) is 0 Å². The van der Waals surface area contributed by atoms with E-state index in [0.29, 0.717) is 11.3 Å². The Balaban J connectivity index is 0.00000288. The van der Waals surface area contributed by atoms with E-state index in [-0.39, 0.29) is 41.7 Å². The second-order valence-corrected chi connectivity index (χ2v) is 4.84. The molecule has 0 aromatic heterocycles. The van der Waals surface area contributed by atoms with Crippen molar-refractivity contribution in [3.05, 3.63) is 70.3 Å². The van der Waals surface area contributed by atoms with Crippen LogP contribution in [0.25, 0.3) is 0 Å². The molecule has 0 bridgehead atoms. The number of non-ortho nitro benzene ring substituents is 1. The maximum Gasteiger partial charge on any atom is 1.00 e. The van der Waals surface area contributed by atoms with Gasteiger partial charge < -0.3 is 15.2 Å². The molecule has 2 rings (SSSR count). The predicted molar refractivity (Wildman–Crippen MR) is 80.5 cm³/mol. The summed E-state index contributed by atoms with van der Waals surface area (Å²) < 4.78 is 0. The maximum absolute atomic E-state index is 12.0. The van der Waals surface area contributed by atoms with Crippen LogP contribution in [0.5, 0.6) is 0 Å². The molecule has 1 amide bonds. The van der Waals surface area contributed by atoms with Crippen molar-refractivity contribution >= 4 is 23.3 Å². The van der Waals surface area contributed by atoms with Crippen LogP contribution in [0, 0.1) is 10.1 Å². The fourth-order valence-corrected chi connectivity index (χ4v) is 2.09. The van der Waals surface area contributed by atoms with Crippen molar-refractivity contribution in [2.45, 2.75) is 12.3 Å². The standard InChI is InChI=1S/C16H14N2O5.Na/c19-15(17-12-6-8-13(9-7-12)18(22)23)10-14(16(20)21)11-4-2-1-3-5-11;/h1-9,14H,10H2,(H,17,19)(H,20,21);/q;+1/p-1. The minimum absolute atomic E-state index is 0. The SMILES string of the molecule is O=C(CC(C(=O)[O-])c1ccccc1)Nc1ccc([N+](=O)[O-])cc1.[Na+]. The van der Waals surface area contributed by atoms with Crippen molar-refractivity contribution in [3.8, 4) is 0 Å². The Bertz CT molecular complexity index is 719.